The lowest BCUT2D eigenvalue weighted by atomic mass is 10.2. The molecule has 0 saturated carbocycles. The molecule has 0 radical (unpaired) electrons. The van der Waals surface area contributed by atoms with Crippen LogP contribution in [0.3, 0.4) is 0 Å². The Kier molecular flexibility index (Phi) is 2.88. The van der Waals surface area contributed by atoms with E-state index < -0.39 is 18.0 Å². The number of carboxylic acids is 2. The van der Waals surface area contributed by atoms with Crippen molar-refractivity contribution in [3.63, 3.8) is 0 Å². The molecule has 0 bridgehead atoms. The van der Waals surface area contributed by atoms with Gasteiger partial charge in [-0.05, 0) is 12.1 Å². The van der Waals surface area contributed by atoms with Crippen LogP contribution in [0.2, 0.25) is 0 Å². The summed E-state index contributed by atoms with van der Waals surface area (Å²) in [6.07, 6.45) is -0.0252. The Morgan fingerprint density at radius 3 is 2.50 bits per heavy atom. The van der Waals surface area contributed by atoms with Crippen molar-refractivity contribution in [3.05, 3.63) is 23.7 Å². The summed E-state index contributed by atoms with van der Waals surface area (Å²) in [6, 6.07) is 1.57. The van der Waals surface area contributed by atoms with E-state index in [9.17, 15) is 9.59 Å². The minimum atomic E-state index is -1.19. The van der Waals surface area contributed by atoms with Crippen molar-refractivity contribution in [3.8, 4) is 0 Å². The van der Waals surface area contributed by atoms with E-state index in [0.717, 1.165) is 0 Å². The molecule has 1 heterocycles. The number of hydrogen-bond acceptors (Lipinski definition) is 4. The Bertz CT molecular complexity index is 356. The zero-order valence-corrected chi connectivity index (χ0v) is 7.14. The summed E-state index contributed by atoms with van der Waals surface area (Å²) in [5.74, 6) is -2.33. The molecule has 76 valence electrons. The smallest absolute Gasteiger partial charge is 0.371 e. The number of rotatable bonds is 4. The average Bonchev–Trinajstić information content (AvgIpc) is 2.52. The second-order valence-corrected chi connectivity index (χ2v) is 2.72. The van der Waals surface area contributed by atoms with E-state index in [1.54, 1.807) is 0 Å². The number of aliphatic carboxylic acids is 1. The van der Waals surface area contributed by atoms with E-state index >= 15 is 0 Å². The van der Waals surface area contributed by atoms with E-state index in [4.69, 9.17) is 20.4 Å². The molecule has 0 amide bonds. The second kappa shape index (κ2) is 3.93. The summed E-state index contributed by atoms with van der Waals surface area (Å²) in [7, 11) is 0. The molecule has 14 heavy (non-hydrogen) atoms. The molecule has 6 heteroatoms. The maximum Gasteiger partial charge on any atom is 0.371 e. The maximum atomic E-state index is 10.4. The number of furan rings is 1. The molecular formula is C8H9NO5. The van der Waals surface area contributed by atoms with Crippen LogP contribution in [-0.4, -0.2) is 28.2 Å². The lowest BCUT2D eigenvalue weighted by Gasteiger charge is -2.01. The Hall–Kier alpha value is -1.82. The fraction of sp³-hybridized carbons (Fsp3) is 0.250. The highest BCUT2D eigenvalue weighted by Gasteiger charge is 2.16. The summed E-state index contributed by atoms with van der Waals surface area (Å²) in [5, 5.41) is 17.0. The van der Waals surface area contributed by atoms with Gasteiger partial charge in [-0.1, -0.05) is 0 Å². The molecule has 1 atom stereocenters. The van der Waals surface area contributed by atoms with E-state index in [0.29, 0.717) is 0 Å². The van der Waals surface area contributed by atoms with Gasteiger partial charge in [-0.3, -0.25) is 4.79 Å². The van der Waals surface area contributed by atoms with Gasteiger partial charge in [0.2, 0.25) is 5.76 Å². The largest absolute Gasteiger partial charge is 0.480 e. The van der Waals surface area contributed by atoms with Gasteiger partial charge in [0.15, 0.2) is 0 Å². The molecule has 0 fully saturated rings. The van der Waals surface area contributed by atoms with Gasteiger partial charge in [0.05, 0.1) is 0 Å². The fourth-order valence-electron chi connectivity index (χ4n) is 0.907. The van der Waals surface area contributed by atoms with Gasteiger partial charge in [-0.15, -0.1) is 0 Å². The molecule has 4 N–H and O–H groups in total. The van der Waals surface area contributed by atoms with E-state index in [1.165, 1.54) is 12.1 Å². The van der Waals surface area contributed by atoms with Gasteiger partial charge < -0.3 is 20.4 Å². The van der Waals surface area contributed by atoms with Crippen LogP contribution < -0.4 is 5.73 Å². The molecule has 0 aliphatic heterocycles. The van der Waals surface area contributed by atoms with Gasteiger partial charge in [-0.25, -0.2) is 4.79 Å². The van der Waals surface area contributed by atoms with E-state index in [1.807, 2.05) is 0 Å². The first-order valence-corrected chi connectivity index (χ1v) is 3.81. The van der Waals surface area contributed by atoms with Crippen molar-refractivity contribution in [2.45, 2.75) is 12.5 Å². The van der Waals surface area contributed by atoms with Gasteiger partial charge in [-0.2, -0.15) is 0 Å². The lowest BCUT2D eigenvalue weighted by molar-refractivity contribution is -0.138. The lowest BCUT2D eigenvalue weighted by Crippen LogP contribution is -2.32. The Morgan fingerprint density at radius 1 is 1.43 bits per heavy atom. The summed E-state index contributed by atoms with van der Waals surface area (Å²) in [6.45, 7) is 0. The molecule has 1 aromatic rings. The molecule has 1 aromatic heterocycles. The van der Waals surface area contributed by atoms with Crippen molar-refractivity contribution in [2.24, 2.45) is 5.73 Å². The number of nitrogens with two attached hydrogens (primary N) is 1. The first-order valence-electron chi connectivity index (χ1n) is 3.81. The first kappa shape index (κ1) is 10.3. The number of carbonyl (C=O) groups is 2. The highest BCUT2D eigenvalue weighted by molar-refractivity contribution is 5.84. The normalized spacial score (nSPS) is 12.4. The highest BCUT2D eigenvalue weighted by Crippen LogP contribution is 2.09. The molecule has 1 unspecified atom stereocenters. The second-order valence-electron chi connectivity index (χ2n) is 2.72. The Labute approximate surface area is 78.9 Å². The summed E-state index contributed by atoms with van der Waals surface area (Å²) < 4.78 is 4.82. The van der Waals surface area contributed by atoms with Gasteiger partial charge in [0, 0.05) is 6.42 Å². The Morgan fingerprint density at radius 2 is 2.07 bits per heavy atom. The minimum Gasteiger partial charge on any atom is -0.480 e. The van der Waals surface area contributed by atoms with Crippen LogP contribution in [0.25, 0.3) is 0 Å². The van der Waals surface area contributed by atoms with Crippen molar-refractivity contribution in [1.29, 1.82) is 0 Å². The van der Waals surface area contributed by atoms with Crippen molar-refractivity contribution < 1.29 is 24.2 Å². The zero-order valence-electron chi connectivity index (χ0n) is 7.14. The average molecular weight is 199 g/mol. The van der Waals surface area contributed by atoms with Crippen LogP contribution >= 0.6 is 0 Å². The maximum absolute atomic E-state index is 10.4. The number of carboxylic acid groups (broad SMARTS) is 2. The van der Waals surface area contributed by atoms with E-state index in [2.05, 4.69) is 0 Å². The van der Waals surface area contributed by atoms with Crippen LogP contribution in [0.5, 0.6) is 0 Å². The van der Waals surface area contributed by atoms with Crippen molar-refractivity contribution >= 4 is 11.9 Å². The number of hydrogen-bond donors (Lipinski definition) is 3. The predicted octanol–water partition coefficient (Wildman–Crippen LogP) is -0.0678. The van der Waals surface area contributed by atoms with Crippen LogP contribution in [0.4, 0.5) is 0 Å². The van der Waals surface area contributed by atoms with Gasteiger partial charge in [0.25, 0.3) is 0 Å². The van der Waals surface area contributed by atoms with Crippen LogP contribution in [-0.2, 0) is 11.2 Å². The first-order chi connectivity index (χ1) is 6.50. The molecular weight excluding hydrogens is 190 g/mol. The molecule has 0 spiro atoms. The third-order valence-electron chi connectivity index (χ3n) is 1.61. The summed E-state index contributed by atoms with van der Waals surface area (Å²) in [4.78, 5) is 20.8. The molecule has 6 nitrogen and oxygen atoms in total. The molecule has 0 aliphatic rings. The molecule has 0 aliphatic carbocycles. The van der Waals surface area contributed by atoms with Crippen molar-refractivity contribution in [2.75, 3.05) is 0 Å². The van der Waals surface area contributed by atoms with Crippen LogP contribution in [0.15, 0.2) is 16.5 Å². The standard InChI is InChI=1S/C8H9NO5/c9-5(7(10)11)3-4-1-2-6(14-4)8(12)13/h1-2,5H,3,9H2,(H,10,11)(H,12,13). The fourth-order valence-corrected chi connectivity index (χ4v) is 0.907. The molecule has 0 aromatic carbocycles. The summed E-state index contributed by atoms with van der Waals surface area (Å²) in [5.41, 5.74) is 5.23. The Balaban J connectivity index is 2.69. The third-order valence-corrected chi connectivity index (χ3v) is 1.61. The predicted molar refractivity (Wildman–Crippen MR) is 45.0 cm³/mol. The SMILES string of the molecule is NC(Cc1ccc(C(=O)O)o1)C(=O)O. The monoisotopic (exact) mass is 199 g/mol. The number of aromatic carboxylic acids is 1. The zero-order chi connectivity index (χ0) is 10.7. The highest BCUT2D eigenvalue weighted by atomic mass is 16.4. The van der Waals surface area contributed by atoms with Crippen LogP contribution in [0, 0.1) is 0 Å². The third kappa shape index (κ3) is 2.33. The van der Waals surface area contributed by atoms with E-state index in [-0.39, 0.29) is 17.9 Å². The summed E-state index contributed by atoms with van der Waals surface area (Å²) >= 11 is 0. The topological polar surface area (TPSA) is 114 Å². The van der Waals surface area contributed by atoms with Crippen LogP contribution in [0.1, 0.15) is 16.3 Å². The van der Waals surface area contributed by atoms with Crippen molar-refractivity contribution in [1.82, 2.24) is 0 Å². The van der Waals surface area contributed by atoms with Gasteiger partial charge >= 0.3 is 11.9 Å². The minimum absolute atomic E-state index is 0.0252. The molecule has 0 saturated heterocycles. The molecule has 1 rings (SSSR count). The quantitative estimate of drug-likeness (QED) is 0.625. The van der Waals surface area contributed by atoms with Gasteiger partial charge in [0.1, 0.15) is 11.8 Å².